The standard InChI is InChI=1S/C14H17FN2O2/c15-12-5-9(16)2-3-10(12)14(19)17-6-8-1-4-13(18)11(8)7-17/h2-3,5,8,11,13,18H,1,4,6-7,16H2. The molecule has 1 amide bonds. The number of nitrogens with two attached hydrogens (primary N) is 1. The second kappa shape index (κ2) is 4.49. The normalized spacial score (nSPS) is 29.6. The molecule has 0 aromatic heterocycles. The van der Waals surface area contributed by atoms with Crippen molar-refractivity contribution in [2.24, 2.45) is 11.8 Å². The van der Waals surface area contributed by atoms with Gasteiger partial charge in [-0.15, -0.1) is 0 Å². The molecule has 1 saturated heterocycles. The van der Waals surface area contributed by atoms with E-state index in [1.165, 1.54) is 18.2 Å². The molecule has 2 aliphatic rings. The number of amides is 1. The highest BCUT2D eigenvalue weighted by Gasteiger charge is 2.43. The number of rotatable bonds is 1. The van der Waals surface area contributed by atoms with Crippen molar-refractivity contribution in [2.45, 2.75) is 18.9 Å². The largest absolute Gasteiger partial charge is 0.399 e. The Morgan fingerprint density at radius 3 is 2.84 bits per heavy atom. The summed E-state index contributed by atoms with van der Waals surface area (Å²) >= 11 is 0. The molecule has 2 fully saturated rings. The molecule has 1 saturated carbocycles. The van der Waals surface area contributed by atoms with Crippen molar-refractivity contribution in [3.05, 3.63) is 29.6 Å². The SMILES string of the molecule is Nc1ccc(C(=O)N2CC3CCC(O)C3C2)c(F)c1. The fourth-order valence-corrected chi connectivity index (χ4v) is 3.28. The van der Waals surface area contributed by atoms with Crippen molar-refractivity contribution >= 4 is 11.6 Å². The number of aliphatic hydroxyl groups excluding tert-OH is 1. The van der Waals surface area contributed by atoms with Crippen LogP contribution in [0.3, 0.4) is 0 Å². The molecule has 1 aromatic carbocycles. The van der Waals surface area contributed by atoms with Gasteiger partial charge >= 0.3 is 0 Å². The zero-order valence-electron chi connectivity index (χ0n) is 10.6. The molecule has 19 heavy (non-hydrogen) atoms. The summed E-state index contributed by atoms with van der Waals surface area (Å²) in [5, 5.41) is 9.83. The molecule has 1 aliphatic carbocycles. The number of nitrogen functional groups attached to an aromatic ring is 1. The fourth-order valence-electron chi connectivity index (χ4n) is 3.28. The molecule has 3 unspecified atom stereocenters. The minimum atomic E-state index is -0.581. The molecule has 102 valence electrons. The Balaban J connectivity index is 1.78. The van der Waals surface area contributed by atoms with Crippen molar-refractivity contribution in [3.63, 3.8) is 0 Å². The third-order valence-electron chi connectivity index (χ3n) is 4.33. The van der Waals surface area contributed by atoms with E-state index < -0.39 is 5.82 Å². The van der Waals surface area contributed by atoms with Crippen LogP contribution < -0.4 is 5.73 Å². The summed E-state index contributed by atoms with van der Waals surface area (Å²) < 4.78 is 13.7. The second-order valence-corrected chi connectivity index (χ2v) is 5.52. The van der Waals surface area contributed by atoms with Crippen LogP contribution in [0.1, 0.15) is 23.2 Å². The maximum atomic E-state index is 13.7. The van der Waals surface area contributed by atoms with E-state index in [0.717, 1.165) is 12.8 Å². The molecule has 3 atom stereocenters. The lowest BCUT2D eigenvalue weighted by atomic mass is 10.00. The minimum absolute atomic E-state index is 0.0589. The molecular weight excluding hydrogens is 247 g/mol. The molecule has 4 nitrogen and oxygen atoms in total. The molecule has 1 heterocycles. The van der Waals surface area contributed by atoms with Crippen molar-refractivity contribution < 1.29 is 14.3 Å². The number of likely N-dealkylation sites (tertiary alicyclic amines) is 1. The maximum absolute atomic E-state index is 13.7. The molecule has 0 bridgehead atoms. The average molecular weight is 264 g/mol. The van der Waals surface area contributed by atoms with Gasteiger partial charge in [0.25, 0.3) is 5.91 Å². The van der Waals surface area contributed by atoms with E-state index in [4.69, 9.17) is 5.73 Å². The predicted octanol–water partition coefficient (Wildman–Crippen LogP) is 1.25. The van der Waals surface area contributed by atoms with Gasteiger partial charge in [-0.25, -0.2) is 4.39 Å². The Labute approximate surface area is 111 Å². The van der Waals surface area contributed by atoms with Gasteiger partial charge < -0.3 is 15.7 Å². The smallest absolute Gasteiger partial charge is 0.256 e. The van der Waals surface area contributed by atoms with Crippen LogP contribution in [0.25, 0.3) is 0 Å². The Kier molecular flexibility index (Phi) is 2.93. The molecular formula is C14H17FN2O2. The minimum Gasteiger partial charge on any atom is -0.399 e. The number of fused-ring (bicyclic) bond motifs is 1. The number of halogens is 1. The summed E-state index contributed by atoms with van der Waals surface area (Å²) in [4.78, 5) is 13.9. The van der Waals surface area contributed by atoms with Crippen LogP contribution in [0, 0.1) is 17.7 Å². The lowest BCUT2D eigenvalue weighted by Gasteiger charge is -2.18. The van der Waals surface area contributed by atoms with Gasteiger partial charge in [0.05, 0.1) is 11.7 Å². The van der Waals surface area contributed by atoms with E-state index in [0.29, 0.717) is 24.7 Å². The van der Waals surface area contributed by atoms with Gasteiger partial charge in [0.2, 0.25) is 0 Å². The molecule has 0 spiro atoms. The van der Waals surface area contributed by atoms with Crippen LogP contribution in [0.2, 0.25) is 0 Å². The van der Waals surface area contributed by atoms with Gasteiger partial charge in [-0.3, -0.25) is 4.79 Å². The highest BCUT2D eigenvalue weighted by atomic mass is 19.1. The van der Waals surface area contributed by atoms with Gasteiger partial charge in [-0.05, 0) is 37.0 Å². The predicted molar refractivity (Wildman–Crippen MR) is 68.9 cm³/mol. The van der Waals surface area contributed by atoms with E-state index in [1.807, 2.05) is 0 Å². The van der Waals surface area contributed by atoms with Gasteiger partial charge in [0.1, 0.15) is 5.82 Å². The van der Waals surface area contributed by atoms with Crippen LogP contribution in [0.4, 0.5) is 10.1 Å². The van der Waals surface area contributed by atoms with Gasteiger partial charge in [-0.1, -0.05) is 0 Å². The van der Waals surface area contributed by atoms with Crippen LogP contribution in [0.5, 0.6) is 0 Å². The number of anilines is 1. The quantitative estimate of drug-likeness (QED) is 0.750. The summed E-state index contributed by atoms with van der Waals surface area (Å²) in [6.45, 7) is 1.14. The van der Waals surface area contributed by atoms with Crippen LogP contribution >= 0.6 is 0 Å². The number of carbonyl (C=O) groups is 1. The number of aliphatic hydroxyl groups is 1. The first-order valence-electron chi connectivity index (χ1n) is 6.58. The van der Waals surface area contributed by atoms with Crippen LogP contribution in [-0.4, -0.2) is 35.1 Å². The number of carbonyl (C=O) groups excluding carboxylic acids is 1. The zero-order chi connectivity index (χ0) is 13.6. The maximum Gasteiger partial charge on any atom is 0.256 e. The van der Waals surface area contributed by atoms with Crippen LogP contribution in [0.15, 0.2) is 18.2 Å². The van der Waals surface area contributed by atoms with E-state index in [2.05, 4.69) is 0 Å². The third-order valence-corrected chi connectivity index (χ3v) is 4.33. The molecule has 3 rings (SSSR count). The Hall–Kier alpha value is -1.62. The number of hydrogen-bond acceptors (Lipinski definition) is 3. The summed E-state index contributed by atoms with van der Waals surface area (Å²) in [7, 11) is 0. The van der Waals surface area contributed by atoms with Gasteiger partial charge in [0, 0.05) is 24.7 Å². The van der Waals surface area contributed by atoms with Crippen molar-refractivity contribution in [2.75, 3.05) is 18.8 Å². The van der Waals surface area contributed by atoms with Crippen LogP contribution in [-0.2, 0) is 0 Å². The highest BCUT2D eigenvalue weighted by Crippen LogP contribution is 2.38. The lowest BCUT2D eigenvalue weighted by molar-refractivity contribution is 0.0748. The summed E-state index contributed by atoms with van der Waals surface area (Å²) in [5.74, 6) is -0.377. The van der Waals surface area contributed by atoms with Gasteiger partial charge in [-0.2, -0.15) is 0 Å². The lowest BCUT2D eigenvalue weighted by Crippen LogP contribution is -2.31. The third kappa shape index (κ3) is 2.08. The second-order valence-electron chi connectivity index (χ2n) is 5.52. The summed E-state index contributed by atoms with van der Waals surface area (Å²) in [5.41, 5.74) is 5.84. The molecule has 0 radical (unpaired) electrons. The summed E-state index contributed by atoms with van der Waals surface area (Å²) in [6, 6.07) is 4.12. The molecule has 3 N–H and O–H groups in total. The number of benzene rings is 1. The summed E-state index contributed by atoms with van der Waals surface area (Å²) in [6.07, 6.45) is 1.44. The molecule has 1 aliphatic heterocycles. The number of nitrogens with zero attached hydrogens (tertiary/aromatic N) is 1. The molecule has 1 aromatic rings. The molecule has 5 heteroatoms. The Bertz CT molecular complexity index is 520. The van der Waals surface area contributed by atoms with Crippen molar-refractivity contribution in [1.82, 2.24) is 4.90 Å². The van der Waals surface area contributed by atoms with E-state index in [9.17, 15) is 14.3 Å². The zero-order valence-corrected chi connectivity index (χ0v) is 10.6. The topological polar surface area (TPSA) is 66.6 Å². The highest BCUT2D eigenvalue weighted by molar-refractivity contribution is 5.95. The monoisotopic (exact) mass is 264 g/mol. The fraction of sp³-hybridized carbons (Fsp3) is 0.500. The van der Waals surface area contributed by atoms with Gasteiger partial charge in [0.15, 0.2) is 0 Å². The van der Waals surface area contributed by atoms with E-state index in [1.54, 1.807) is 4.90 Å². The number of hydrogen-bond donors (Lipinski definition) is 2. The first-order chi connectivity index (χ1) is 9.06. The first-order valence-corrected chi connectivity index (χ1v) is 6.58. The van der Waals surface area contributed by atoms with Crippen molar-refractivity contribution in [1.29, 1.82) is 0 Å². The Morgan fingerprint density at radius 1 is 1.37 bits per heavy atom. The first kappa shape index (κ1) is 12.4. The van der Waals surface area contributed by atoms with Crippen molar-refractivity contribution in [3.8, 4) is 0 Å². The Morgan fingerprint density at radius 2 is 2.16 bits per heavy atom. The van der Waals surface area contributed by atoms with E-state index in [-0.39, 0.29) is 23.5 Å². The van der Waals surface area contributed by atoms with E-state index >= 15 is 0 Å². The average Bonchev–Trinajstić information content (AvgIpc) is 2.91.